The van der Waals surface area contributed by atoms with Gasteiger partial charge in [0.25, 0.3) is 0 Å². The summed E-state index contributed by atoms with van der Waals surface area (Å²) in [6.07, 6.45) is 3.89. The molecule has 8 aromatic rings. The van der Waals surface area contributed by atoms with Gasteiger partial charge in [-0.25, -0.2) is 9.97 Å². The summed E-state index contributed by atoms with van der Waals surface area (Å²) in [6, 6.07) is 55.0. The van der Waals surface area contributed by atoms with Crippen LogP contribution in [0.4, 0.5) is 0 Å². The Kier molecular flexibility index (Phi) is 9.26. The molecule has 1 aromatic heterocycles. The van der Waals surface area contributed by atoms with E-state index in [1.54, 1.807) is 0 Å². The predicted octanol–water partition coefficient (Wildman–Crippen LogP) is 13.1. The van der Waals surface area contributed by atoms with Crippen LogP contribution in [0.2, 0.25) is 5.02 Å². The smallest absolute Gasteiger partial charge is 0.399 e. The summed E-state index contributed by atoms with van der Waals surface area (Å²) in [5, 5.41) is 25.2. The van der Waals surface area contributed by atoms with Crippen LogP contribution in [0.15, 0.2) is 146 Å². The number of hydrogen-bond donors (Lipinski definition) is 0. The molecule has 0 radical (unpaired) electrons. The Morgan fingerprint density at radius 2 is 1.03 bits per heavy atom. The SMILES string of the molecule is CC1(C)OB(c2ccc(C3(c4ccc(-c5nc(-c6ccc(-c7ccc8c(Cl)c9ccccc9c(C#N)c8c7)cc6)nc(-c6ccccc6)c5C#N)cc4)C4CC5CC4CC53)cc2)OC1(C)C. The molecule has 1 saturated heterocycles. The van der Waals surface area contributed by atoms with E-state index in [9.17, 15) is 10.5 Å². The topological polar surface area (TPSA) is 91.8 Å². The molecule has 5 aliphatic rings. The van der Waals surface area contributed by atoms with E-state index in [1.165, 1.54) is 30.4 Å². The Morgan fingerprint density at radius 3 is 1.62 bits per heavy atom. The van der Waals surface area contributed by atoms with Crippen LogP contribution in [0.25, 0.3) is 66.6 Å². The summed E-state index contributed by atoms with van der Waals surface area (Å²) in [5.74, 6) is 3.21. The van der Waals surface area contributed by atoms with Gasteiger partial charge in [0.05, 0.1) is 33.2 Å². The van der Waals surface area contributed by atoms with Crippen molar-refractivity contribution in [3.63, 3.8) is 0 Å². The lowest BCUT2D eigenvalue weighted by Gasteiger charge is -2.39. The van der Waals surface area contributed by atoms with Gasteiger partial charge >= 0.3 is 7.12 Å². The molecule has 4 atom stereocenters. The normalized spacial score (nSPS) is 23.2. The molecule has 320 valence electrons. The van der Waals surface area contributed by atoms with Crippen molar-refractivity contribution in [2.24, 2.45) is 23.7 Å². The molecular weight excluding hydrogens is 831 g/mol. The number of nitriles is 2. The van der Waals surface area contributed by atoms with E-state index >= 15 is 0 Å². The summed E-state index contributed by atoms with van der Waals surface area (Å²) in [6.45, 7) is 8.40. The highest BCUT2D eigenvalue weighted by atomic mass is 35.5. The van der Waals surface area contributed by atoms with Crippen molar-refractivity contribution in [1.29, 1.82) is 10.5 Å². The van der Waals surface area contributed by atoms with Crippen molar-refractivity contribution in [3.05, 3.63) is 173 Å². The fourth-order valence-corrected chi connectivity index (χ4v) is 12.8. The molecule has 2 heterocycles. The lowest BCUT2D eigenvalue weighted by atomic mass is 9.63. The molecule has 4 bridgehead atoms. The van der Waals surface area contributed by atoms with Crippen LogP contribution >= 0.6 is 11.6 Å². The summed E-state index contributed by atoms with van der Waals surface area (Å²) < 4.78 is 12.9. The van der Waals surface area contributed by atoms with Crippen LogP contribution in [0.1, 0.15) is 69.2 Å². The average Bonchev–Trinajstić information content (AvgIpc) is 4.15. The zero-order valence-corrected chi connectivity index (χ0v) is 38.1. The van der Waals surface area contributed by atoms with Crippen molar-refractivity contribution in [3.8, 4) is 57.2 Å². The third-order valence-corrected chi connectivity index (χ3v) is 16.6. The van der Waals surface area contributed by atoms with E-state index in [-0.39, 0.29) is 5.41 Å². The fraction of sp³-hybridized carbons (Fsp3) is 0.241. The molecule has 6 nitrogen and oxygen atoms in total. The number of fused-ring (bicyclic) bond motifs is 2. The first-order valence-corrected chi connectivity index (χ1v) is 23.5. The van der Waals surface area contributed by atoms with Crippen LogP contribution in [-0.4, -0.2) is 28.3 Å². The predicted molar refractivity (Wildman–Crippen MR) is 264 cm³/mol. The minimum absolute atomic E-state index is 0.0757. The highest BCUT2D eigenvalue weighted by Gasteiger charge is 2.68. The molecule has 5 fully saturated rings. The van der Waals surface area contributed by atoms with E-state index in [1.807, 2.05) is 78.9 Å². The Labute approximate surface area is 391 Å². The van der Waals surface area contributed by atoms with Crippen molar-refractivity contribution >= 4 is 45.7 Å². The van der Waals surface area contributed by atoms with Gasteiger partial charge in [-0.05, 0) is 104 Å². The average molecular weight is 877 g/mol. The molecule has 0 spiro atoms. The highest BCUT2D eigenvalue weighted by molar-refractivity contribution is 6.62. The Bertz CT molecular complexity index is 3320. The molecule has 4 aliphatic carbocycles. The van der Waals surface area contributed by atoms with E-state index in [4.69, 9.17) is 30.9 Å². The van der Waals surface area contributed by atoms with E-state index in [2.05, 4.69) is 107 Å². The second-order valence-electron chi connectivity index (χ2n) is 19.9. The number of nitrogens with zero attached hydrogens (tertiary/aromatic N) is 4. The Hall–Kier alpha value is -6.61. The first kappa shape index (κ1) is 40.9. The van der Waals surface area contributed by atoms with Gasteiger partial charge in [-0.15, -0.1) is 0 Å². The van der Waals surface area contributed by atoms with Crippen LogP contribution in [0.5, 0.6) is 0 Å². The molecule has 13 rings (SSSR count). The van der Waals surface area contributed by atoms with E-state index in [0.717, 1.165) is 66.7 Å². The second-order valence-corrected chi connectivity index (χ2v) is 20.3. The highest BCUT2D eigenvalue weighted by Crippen LogP contribution is 2.73. The van der Waals surface area contributed by atoms with E-state index < -0.39 is 18.3 Å². The zero-order valence-electron chi connectivity index (χ0n) is 37.3. The molecule has 0 amide bonds. The number of halogens is 1. The lowest BCUT2D eigenvalue weighted by Crippen LogP contribution is -2.41. The maximum Gasteiger partial charge on any atom is 0.494 e. The third-order valence-electron chi connectivity index (χ3n) is 16.2. The first-order chi connectivity index (χ1) is 32.0. The number of rotatable bonds is 7. The van der Waals surface area contributed by atoms with Gasteiger partial charge in [-0.1, -0.05) is 151 Å². The molecular formula is C58H46BClN4O2. The van der Waals surface area contributed by atoms with Crippen molar-refractivity contribution < 1.29 is 9.31 Å². The molecule has 8 heteroatoms. The Morgan fingerprint density at radius 1 is 0.530 bits per heavy atom. The van der Waals surface area contributed by atoms with Gasteiger partial charge in [0, 0.05) is 43.7 Å². The summed E-state index contributed by atoms with van der Waals surface area (Å²) in [7, 11) is -0.399. The van der Waals surface area contributed by atoms with Gasteiger partial charge < -0.3 is 9.31 Å². The molecule has 4 unspecified atom stereocenters. The zero-order chi connectivity index (χ0) is 45.1. The van der Waals surface area contributed by atoms with Gasteiger partial charge in [0.2, 0.25) is 0 Å². The largest absolute Gasteiger partial charge is 0.494 e. The third kappa shape index (κ3) is 6.00. The maximum absolute atomic E-state index is 10.8. The first-order valence-electron chi connectivity index (χ1n) is 23.1. The number of aromatic nitrogens is 2. The molecule has 7 aromatic carbocycles. The minimum Gasteiger partial charge on any atom is -0.399 e. The second kappa shape index (κ2) is 15.0. The fourth-order valence-electron chi connectivity index (χ4n) is 12.4. The van der Waals surface area contributed by atoms with E-state index in [0.29, 0.717) is 45.2 Å². The minimum atomic E-state index is -0.399. The van der Waals surface area contributed by atoms with Crippen LogP contribution < -0.4 is 5.46 Å². The monoisotopic (exact) mass is 876 g/mol. The standard InChI is InChI=1S/C58H46BClN4O2/c1-56(2)57(3,4)66-59(65-56)43-25-23-42(24-26-43)58(50-30-39-28-40(50)31-51(39)58)41-21-18-36(19-22-41)54-49(33-62)53(35-10-6-5-7-11-35)63-55(64-54)37-16-14-34(15-17-37)38-20-27-46-47(29-38)48(32-61)44-12-8-9-13-45(44)52(46)60/h5-27,29,39-40,50-51H,28,30-31H2,1-4H3. The maximum atomic E-state index is 10.8. The molecule has 4 saturated carbocycles. The lowest BCUT2D eigenvalue weighted by molar-refractivity contribution is 0.00578. The van der Waals surface area contributed by atoms with Crippen molar-refractivity contribution in [1.82, 2.24) is 9.97 Å². The van der Waals surface area contributed by atoms with Gasteiger partial charge in [-0.3, -0.25) is 0 Å². The van der Waals surface area contributed by atoms with Crippen LogP contribution in [0.3, 0.4) is 0 Å². The van der Waals surface area contributed by atoms with Gasteiger partial charge in [-0.2, -0.15) is 10.5 Å². The van der Waals surface area contributed by atoms with Crippen LogP contribution in [0, 0.1) is 46.3 Å². The summed E-state index contributed by atoms with van der Waals surface area (Å²) >= 11 is 6.90. The van der Waals surface area contributed by atoms with Crippen molar-refractivity contribution in [2.45, 2.75) is 63.6 Å². The Balaban J connectivity index is 0.918. The number of benzene rings is 7. The molecule has 0 N–H and O–H groups in total. The summed E-state index contributed by atoms with van der Waals surface area (Å²) in [5.41, 5.74) is 9.66. The van der Waals surface area contributed by atoms with Gasteiger partial charge in [0.15, 0.2) is 5.82 Å². The van der Waals surface area contributed by atoms with Crippen molar-refractivity contribution in [2.75, 3.05) is 0 Å². The molecule has 66 heavy (non-hydrogen) atoms. The van der Waals surface area contributed by atoms with Crippen LogP contribution in [-0.2, 0) is 14.7 Å². The quantitative estimate of drug-likeness (QED) is 0.117. The number of hydrogen-bond acceptors (Lipinski definition) is 6. The summed E-state index contributed by atoms with van der Waals surface area (Å²) in [4.78, 5) is 10.3. The van der Waals surface area contributed by atoms with Gasteiger partial charge in [0.1, 0.15) is 17.7 Å². The molecule has 1 aliphatic heterocycles.